The highest BCUT2D eigenvalue weighted by Gasteiger charge is 2.46. The number of hydrogen-bond donors (Lipinski definition) is 0. The van der Waals surface area contributed by atoms with E-state index in [9.17, 15) is 26.3 Å². The summed E-state index contributed by atoms with van der Waals surface area (Å²) < 4.78 is 120. The van der Waals surface area contributed by atoms with Gasteiger partial charge in [0.1, 0.15) is 34.7 Å². The standard InChI is InChI=1S/C52H28F8N2/c53-37-21-41-43-23-39(55)27-51(59,49(43)61-47(41)45(57)25-37)35-17-9-31(10-18-35)3-1-29-5-13-33(14-6-29)34-15-7-30(8-16-34)2-4-32-11-19-36(20-12-32)52(60)28-40(56)24-44-42-22-38(54)26-46(58)48(42)62-50(44)52/h1-28H. The second-order valence-electron chi connectivity index (χ2n) is 15.2. The van der Waals surface area contributed by atoms with E-state index in [0.717, 1.165) is 69.8 Å². The van der Waals surface area contributed by atoms with Gasteiger partial charge in [0, 0.05) is 34.4 Å². The molecule has 0 amide bonds. The Labute approximate surface area is 350 Å². The number of allylic oxidation sites excluding steroid dienone is 8. The van der Waals surface area contributed by atoms with Crippen LogP contribution >= 0.6 is 0 Å². The first-order chi connectivity index (χ1) is 29.8. The van der Waals surface area contributed by atoms with Crippen LogP contribution < -0.4 is 0 Å². The summed E-state index contributed by atoms with van der Waals surface area (Å²) in [6.45, 7) is 0. The zero-order valence-corrected chi connectivity index (χ0v) is 32.1. The van der Waals surface area contributed by atoms with E-state index in [1.165, 1.54) is 24.3 Å². The van der Waals surface area contributed by atoms with Crippen LogP contribution in [-0.2, 0) is 11.3 Å². The molecule has 0 radical (unpaired) electrons. The van der Waals surface area contributed by atoms with Gasteiger partial charge in [0.15, 0.2) is 23.0 Å². The number of benzene rings is 6. The van der Waals surface area contributed by atoms with Gasteiger partial charge in [-0.05, 0) is 80.9 Å². The minimum absolute atomic E-state index is 0.000316. The van der Waals surface area contributed by atoms with Crippen LogP contribution in [0.5, 0.6) is 0 Å². The van der Waals surface area contributed by atoms with Crippen molar-refractivity contribution in [2.24, 2.45) is 9.98 Å². The molecule has 6 aromatic rings. The Bertz CT molecular complexity index is 2900. The van der Waals surface area contributed by atoms with Crippen molar-refractivity contribution < 1.29 is 35.1 Å². The Morgan fingerprint density at radius 2 is 0.726 bits per heavy atom. The van der Waals surface area contributed by atoms with Crippen molar-refractivity contribution in [3.05, 3.63) is 225 Å². The van der Waals surface area contributed by atoms with Gasteiger partial charge < -0.3 is 0 Å². The third-order valence-electron chi connectivity index (χ3n) is 11.3. The summed E-state index contributed by atoms with van der Waals surface area (Å²) in [6.07, 6.45) is 11.1. The fourth-order valence-electron chi connectivity index (χ4n) is 8.16. The van der Waals surface area contributed by atoms with Gasteiger partial charge in [-0.3, -0.25) is 0 Å². The quantitative estimate of drug-likeness (QED) is 0.113. The van der Waals surface area contributed by atoms with E-state index in [1.54, 1.807) is 24.3 Å². The Kier molecular flexibility index (Phi) is 9.13. The summed E-state index contributed by atoms with van der Waals surface area (Å²) in [5.74, 6) is -5.39. The van der Waals surface area contributed by atoms with E-state index >= 15 is 8.78 Å². The van der Waals surface area contributed by atoms with Gasteiger partial charge in [0.2, 0.25) is 0 Å². The Balaban J connectivity index is 0.786. The molecule has 0 saturated carbocycles. The second kappa shape index (κ2) is 14.6. The normalized spacial score (nSPS) is 19.9. The van der Waals surface area contributed by atoms with Crippen molar-refractivity contribution in [1.82, 2.24) is 0 Å². The van der Waals surface area contributed by atoms with Crippen LogP contribution in [0.2, 0.25) is 0 Å². The summed E-state index contributed by atoms with van der Waals surface area (Å²) >= 11 is 0. The maximum Gasteiger partial charge on any atom is 0.199 e. The molecule has 10 rings (SSSR count). The van der Waals surface area contributed by atoms with Crippen molar-refractivity contribution in [2.75, 3.05) is 0 Å². The maximum absolute atomic E-state index is 16.6. The molecule has 2 atom stereocenters. The predicted molar refractivity (Wildman–Crippen MR) is 229 cm³/mol. The number of hydrogen-bond acceptors (Lipinski definition) is 2. The van der Waals surface area contributed by atoms with Gasteiger partial charge in [0.25, 0.3) is 0 Å². The lowest BCUT2D eigenvalue weighted by Gasteiger charge is -2.26. The molecule has 2 unspecified atom stereocenters. The molecule has 0 N–H and O–H groups in total. The van der Waals surface area contributed by atoms with Crippen LogP contribution in [0.4, 0.5) is 46.5 Å². The average molecular weight is 833 g/mol. The molecular weight excluding hydrogens is 805 g/mol. The zero-order chi connectivity index (χ0) is 42.9. The highest BCUT2D eigenvalue weighted by molar-refractivity contribution is 6.35. The van der Waals surface area contributed by atoms with Crippen molar-refractivity contribution in [2.45, 2.75) is 11.3 Å². The van der Waals surface area contributed by atoms with Crippen molar-refractivity contribution in [3.8, 4) is 11.1 Å². The highest BCUT2D eigenvalue weighted by atomic mass is 19.2. The van der Waals surface area contributed by atoms with Crippen LogP contribution in [0.3, 0.4) is 0 Å². The number of halogens is 8. The van der Waals surface area contributed by atoms with Crippen molar-refractivity contribution in [3.63, 3.8) is 0 Å². The summed E-state index contributed by atoms with van der Waals surface area (Å²) in [7, 11) is 0. The molecular formula is C52H28F8N2. The van der Waals surface area contributed by atoms with Gasteiger partial charge >= 0.3 is 0 Å². The van der Waals surface area contributed by atoms with Crippen LogP contribution in [0.15, 0.2) is 167 Å². The van der Waals surface area contributed by atoms with Crippen LogP contribution in [-0.4, -0.2) is 11.4 Å². The minimum atomic E-state index is -2.49. The zero-order valence-electron chi connectivity index (χ0n) is 32.1. The molecule has 4 aliphatic rings. The molecule has 6 aromatic carbocycles. The fraction of sp³-hybridized carbons (Fsp3) is 0.0385. The summed E-state index contributed by atoms with van der Waals surface area (Å²) in [5.41, 5.74) is -0.349. The lowest BCUT2D eigenvalue weighted by atomic mass is 9.81. The molecule has 2 nitrogen and oxygen atoms in total. The lowest BCUT2D eigenvalue weighted by Crippen LogP contribution is -2.31. The molecule has 0 saturated heterocycles. The lowest BCUT2D eigenvalue weighted by molar-refractivity contribution is 0.328. The van der Waals surface area contributed by atoms with Crippen molar-refractivity contribution >= 4 is 58.2 Å². The average Bonchev–Trinajstić information content (AvgIpc) is 3.82. The van der Waals surface area contributed by atoms with Crippen molar-refractivity contribution in [1.29, 1.82) is 0 Å². The van der Waals surface area contributed by atoms with E-state index in [-0.39, 0.29) is 56.2 Å². The number of rotatable bonds is 7. The first-order valence-electron chi connectivity index (χ1n) is 19.4. The molecule has 0 spiro atoms. The molecule has 0 bridgehead atoms. The maximum atomic E-state index is 16.6. The predicted octanol–water partition coefficient (Wildman–Crippen LogP) is 14.7. The molecule has 0 aromatic heterocycles. The van der Waals surface area contributed by atoms with Gasteiger partial charge in [0.05, 0.1) is 11.4 Å². The minimum Gasteiger partial charge on any atom is -0.245 e. The summed E-state index contributed by atoms with van der Waals surface area (Å²) in [6, 6.07) is 31.9. The fourth-order valence-corrected chi connectivity index (χ4v) is 8.16. The first-order valence-corrected chi connectivity index (χ1v) is 19.4. The Morgan fingerprint density at radius 1 is 0.403 bits per heavy atom. The number of fused-ring (bicyclic) bond motifs is 6. The van der Waals surface area contributed by atoms with Gasteiger partial charge in [-0.2, -0.15) is 0 Å². The van der Waals surface area contributed by atoms with E-state index in [1.807, 2.05) is 72.8 Å². The molecule has 2 aliphatic heterocycles. The largest absolute Gasteiger partial charge is 0.245 e. The third kappa shape index (κ3) is 6.68. The van der Waals surface area contributed by atoms with Gasteiger partial charge in [-0.1, -0.05) is 121 Å². The number of aliphatic imine (C=N–C) groups is 2. The number of alkyl halides is 2. The first kappa shape index (κ1) is 38.7. The van der Waals surface area contributed by atoms with E-state index in [0.29, 0.717) is 12.1 Å². The molecule has 10 heteroatoms. The Hall–Kier alpha value is -7.46. The topological polar surface area (TPSA) is 24.7 Å². The second-order valence-corrected chi connectivity index (χ2v) is 15.2. The van der Waals surface area contributed by atoms with E-state index < -0.39 is 46.3 Å². The third-order valence-corrected chi connectivity index (χ3v) is 11.3. The van der Waals surface area contributed by atoms with E-state index in [2.05, 4.69) is 9.98 Å². The number of nitrogens with zero attached hydrogens (tertiary/aromatic N) is 2. The molecule has 302 valence electrons. The van der Waals surface area contributed by atoms with Crippen LogP contribution in [0.1, 0.15) is 44.5 Å². The Morgan fingerprint density at radius 3 is 1.06 bits per heavy atom. The SMILES string of the molecule is FC1=CC(F)(c2ccc(C=Cc3ccc(-c4ccc(C=Cc5ccc(C6(F)C=C(F)C=C7C6=Nc6c(F)cc(F)cc67)cc5)cc4)cc3)cc2)C2=Nc3c(F)cc(F)cc3C2=C1. The summed E-state index contributed by atoms with van der Waals surface area (Å²) in [4.78, 5) is 8.26. The molecule has 2 aliphatic carbocycles. The molecule has 0 fully saturated rings. The molecule has 62 heavy (non-hydrogen) atoms. The smallest absolute Gasteiger partial charge is 0.199 e. The van der Waals surface area contributed by atoms with Gasteiger partial charge in [-0.15, -0.1) is 0 Å². The van der Waals surface area contributed by atoms with Crippen LogP contribution in [0, 0.1) is 23.3 Å². The van der Waals surface area contributed by atoms with Gasteiger partial charge in [-0.25, -0.2) is 45.1 Å². The highest BCUT2D eigenvalue weighted by Crippen LogP contribution is 2.50. The monoisotopic (exact) mass is 832 g/mol. The molecule has 2 heterocycles. The summed E-state index contributed by atoms with van der Waals surface area (Å²) in [5, 5.41) is 0. The van der Waals surface area contributed by atoms with E-state index in [4.69, 9.17) is 0 Å². The van der Waals surface area contributed by atoms with Crippen LogP contribution in [0.25, 0.3) is 46.6 Å².